The Balaban J connectivity index is 1.43. The van der Waals surface area contributed by atoms with Gasteiger partial charge in [-0.3, -0.25) is 0 Å². The molecular weight excluding hydrogens is 420 g/mol. The summed E-state index contributed by atoms with van der Waals surface area (Å²) in [6, 6.07) is 0. The highest BCUT2D eigenvalue weighted by Crippen LogP contribution is 2.89. The van der Waals surface area contributed by atoms with Crippen LogP contribution < -0.4 is 0 Å². The zero-order chi connectivity index (χ0) is 25.1. The molecule has 194 valence electrons. The fourth-order valence-corrected chi connectivity index (χ4v) is 11.4. The van der Waals surface area contributed by atoms with Gasteiger partial charge in [0.25, 0.3) is 0 Å². The highest BCUT2D eigenvalue weighted by atomic mass is 16.3. The molecule has 2 spiro atoms. The van der Waals surface area contributed by atoms with Crippen molar-refractivity contribution in [3.63, 3.8) is 0 Å². The normalized spacial score (nSPS) is 53.5. The Kier molecular flexibility index (Phi) is 5.63. The summed E-state index contributed by atoms with van der Waals surface area (Å²) in [5.74, 6) is 2.05. The van der Waals surface area contributed by atoms with E-state index in [1.165, 1.54) is 32.1 Å². The van der Waals surface area contributed by atoms with Crippen LogP contribution in [0.1, 0.15) is 106 Å². The largest absolute Gasteiger partial charge is 0.393 e. The van der Waals surface area contributed by atoms with Gasteiger partial charge in [-0.05, 0) is 115 Å². The van der Waals surface area contributed by atoms with Gasteiger partial charge in [0, 0.05) is 5.92 Å². The van der Waals surface area contributed by atoms with E-state index >= 15 is 0 Å². The molecule has 5 rings (SSSR count). The molecule has 34 heavy (non-hydrogen) atoms. The van der Waals surface area contributed by atoms with Gasteiger partial charge in [-0.15, -0.1) is 0 Å². The third-order valence-electron chi connectivity index (χ3n) is 13.8. The molecule has 12 atom stereocenters. The lowest BCUT2D eigenvalue weighted by atomic mass is 9.41. The molecule has 0 unspecified atom stereocenters. The monoisotopic (exact) mass is 472 g/mol. The van der Waals surface area contributed by atoms with Gasteiger partial charge in [0.1, 0.15) is 0 Å². The zero-order valence-corrected chi connectivity index (χ0v) is 23.0. The van der Waals surface area contributed by atoms with E-state index in [2.05, 4.69) is 48.1 Å². The quantitative estimate of drug-likeness (QED) is 0.408. The minimum absolute atomic E-state index is 0.0990. The number of hydrogen-bond acceptors (Lipinski definition) is 3. The van der Waals surface area contributed by atoms with Crippen LogP contribution in [0.4, 0.5) is 0 Å². The van der Waals surface area contributed by atoms with Crippen molar-refractivity contribution in [2.45, 2.75) is 125 Å². The predicted octanol–water partition coefficient (Wildman–Crippen LogP) is 6.36. The highest BCUT2D eigenvalue weighted by Gasteiger charge is 2.83. The molecule has 0 amide bonds. The Morgan fingerprint density at radius 3 is 2.26 bits per heavy atom. The summed E-state index contributed by atoms with van der Waals surface area (Å²) >= 11 is 0. The van der Waals surface area contributed by atoms with Crippen LogP contribution in [0, 0.1) is 56.7 Å². The van der Waals surface area contributed by atoms with Gasteiger partial charge >= 0.3 is 0 Å². The first kappa shape index (κ1) is 25.3. The third-order valence-corrected chi connectivity index (χ3v) is 13.8. The molecule has 3 nitrogen and oxygen atoms in total. The van der Waals surface area contributed by atoms with E-state index < -0.39 is 0 Å². The molecule has 5 aliphatic rings. The molecule has 0 aromatic heterocycles. The van der Waals surface area contributed by atoms with E-state index in [9.17, 15) is 15.3 Å². The van der Waals surface area contributed by atoms with Crippen molar-refractivity contribution >= 4 is 0 Å². The topological polar surface area (TPSA) is 60.7 Å². The molecule has 0 aliphatic heterocycles. The Morgan fingerprint density at radius 1 is 0.941 bits per heavy atom. The fraction of sp³-hybridized carbons (Fsp3) is 0.935. The van der Waals surface area contributed by atoms with Crippen LogP contribution in [0.25, 0.3) is 0 Å². The molecule has 5 fully saturated rings. The Hall–Kier alpha value is -0.380. The Labute approximate surface area is 208 Å². The first-order chi connectivity index (χ1) is 15.7. The summed E-state index contributed by atoms with van der Waals surface area (Å²) in [6.07, 6.45) is 9.22. The minimum Gasteiger partial charge on any atom is -0.393 e. The number of fused-ring (bicyclic) bond motifs is 2. The van der Waals surface area contributed by atoms with Crippen molar-refractivity contribution in [1.29, 1.82) is 0 Å². The Morgan fingerprint density at radius 2 is 1.62 bits per heavy atom. The molecule has 0 heterocycles. The van der Waals surface area contributed by atoms with E-state index in [4.69, 9.17) is 0 Å². The van der Waals surface area contributed by atoms with Gasteiger partial charge in [0.05, 0.1) is 18.3 Å². The second-order valence-electron chi connectivity index (χ2n) is 15.1. The average Bonchev–Trinajstić information content (AvgIpc) is 3.31. The van der Waals surface area contributed by atoms with Gasteiger partial charge in [0.2, 0.25) is 0 Å². The first-order valence-corrected chi connectivity index (χ1v) is 14.4. The van der Waals surface area contributed by atoms with Gasteiger partial charge in [-0.25, -0.2) is 0 Å². The smallest absolute Gasteiger partial charge is 0.0605 e. The average molecular weight is 473 g/mol. The molecule has 5 aliphatic carbocycles. The van der Waals surface area contributed by atoms with E-state index in [-0.39, 0.29) is 45.9 Å². The van der Waals surface area contributed by atoms with Crippen LogP contribution in [0.5, 0.6) is 0 Å². The summed E-state index contributed by atoms with van der Waals surface area (Å²) in [6.45, 7) is 20.2. The van der Waals surface area contributed by atoms with Crippen LogP contribution in [0.2, 0.25) is 0 Å². The number of aliphatic hydroxyl groups is 3. The lowest BCUT2D eigenvalue weighted by molar-refractivity contribution is -0.201. The van der Waals surface area contributed by atoms with Crippen LogP contribution in [0.3, 0.4) is 0 Å². The summed E-state index contributed by atoms with van der Waals surface area (Å²) in [7, 11) is 0. The van der Waals surface area contributed by atoms with E-state index in [1.54, 1.807) is 0 Å². The molecule has 0 aromatic carbocycles. The van der Waals surface area contributed by atoms with Gasteiger partial charge < -0.3 is 15.3 Å². The molecule has 0 aromatic rings. The maximum Gasteiger partial charge on any atom is 0.0605 e. The van der Waals surface area contributed by atoms with Gasteiger partial charge in [0.15, 0.2) is 0 Å². The second-order valence-corrected chi connectivity index (χ2v) is 15.1. The highest BCUT2D eigenvalue weighted by molar-refractivity contribution is 5.32. The van der Waals surface area contributed by atoms with Crippen molar-refractivity contribution < 1.29 is 15.3 Å². The van der Waals surface area contributed by atoms with Crippen molar-refractivity contribution in [3.8, 4) is 0 Å². The molecule has 0 radical (unpaired) electrons. The van der Waals surface area contributed by atoms with Crippen LogP contribution in [-0.2, 0) is 0 Å². The van der Waals surface area contributed by atoms with E-state index in [0.717, 1.165) is 31.3 Å². The lowest BCUT2D eigenvalue weighted by Gasteiger charge is -2.64. The number of aliphatic hydroxyl groups excluding tert-OH is 3. The standard InChI is InChI=1S/C31H52O3/c1-18(2)20(4)22(32)15-19(3)21-9-11-29(8)26-23(33)16-24-27(5,6)25(34)10-12-30(24)17-31(26,30)14-13-28(21,29)7/h19-26,32-34H,1,9-17H2,2-8H3/t19-,20+,21-,22+,23+,24+,25+,26+,28-,29+,30-,31+/m1/s1. The lowest BCUT2D eigenvalue weighted by Crippen LogP contribution is -2.61. The summed E-state index contributed by atoms with van der Waals surface area (Å²) in [5, 5.41) is 33.6. The molecular formula is C31H52O3. The summed E-state index contributed by atoms with van der Waals surface area (Å²) < 4.78 is 0. The van der Waals surface area contributed by atoms with Crippen molar-refractivity contribution in [3.05, 3.63) is 12.2 Å². The summed E-state index contributed by atoms with van der Waals surface area (Å²) in [4.78, 5) is 0. The molecule has 5 saturated carbocycles. The number of hydrogen-bond donors (Lipinski definition) is 3. The first-order valence-electron chi connectivity index (χ1n) is 14.4. The Bertz CT molecular complexity index is 850. The minimum atomic E-state index is -0.318. The van der Waals surface area contributed by atoms with Crippen LogP contribution in [-0.4, -0.2) is 33.6 Å². The maximum absolute atomic E-state index is 11.8. The van der Waals surface area contributed by atoms with E-state index in [0.29, 0.717) is 29.1 Å². The predicted molar refractivity (Wildman–Crippen MR) is 138 cm³/mol. The number of rotatable bonds is 5. The second kappa shape index (κ2) is 7.57. The van der Waals surface area contributed by atoms with E-state index in [1.807, 2.05) is 6.92 Å². The molecule has 3 N–H and O–H groups in total. The molecule has 3 heteroatoms. The summed E-state index contributed by atoms with van der Waals surface area (Å²) in [5.41, 5.74) is 1.98. The maximum atomic E-state index is 11.8. The fourth-order valence-electron chi connectivity index (χ4n) is 11.4. The molecule has 0 saturated heterocycles. The molecule has 0 bridgehead atoms. The van der Waals surface area contributed by atoms with Crippen LogP contribution >= 0.6 is 0 Å². The zero-order valence-electron chi connectivity index (χ0n) is 23.0. The van der Waals surface area contributed by atoms with Crippen molar-refractivity contribution in [2.75, 3.05) is 0 Å². The third kappa shape index (κ3) is 2.93. The van der Waals surface area contributed by atoms with Crippen molar-refractivity contribution in [1.82, 2.24) is 0 Å². The SMILES string of the molecule is C=C(C)[C@H](C)[C@@H](O)C[C@@H](C)[C@H]1CC[C@@]2(C)[C@@H]3[C@@H](O)C[C@H]4C(C)(C)[C@@H](O)CC[C@@]45C[C@@]35CC[C@]12C. The van der Waals surface area contributed by atoms with Crippen LogP contribution in [0.15, 0.2) is 12.2 Å². The van der Waals surface area contributed by atoms with Crippen molar-refractivity contribution in [2.24, 2.45) is 56.7 Å². The van der Waals surface area contributed by atoms with Gasteiger partial charge in [-0.1, -0.05) is 53.7 Å². The van der Waals surface area contributed by atoms with Gasteiger partial charge in [-0.2, -0.15) is 0 Å².